The van der Waals surface area contributed by atoms with Crippen molar-refractivity contribution in [3.63, 3.8) is 0 Å². The third-order valence-electron chi connectivity index (χ3n) is 4.95. The van der Waals surface area contributed by atoms with Crippen molar-refractivity contribution in [2.45, 2.75) is 32.4 Å². The van der Waals surface area contributed by atoms with Gasteiger partial charge in [0.05, 0.1) is 16.9 Å². The van der Waals surface area contributed by atoms with Crippen molar-refractivity contribution in [2.24, 2.45) is 0 Å². The molecule has 6 heteroatoms. The van der Waals surface area contributed by atoms with Crippen LogP contribution in [0.25, 0.3) is 16.9 Å². The lowest BCUT2D eigenvalue weighted by Crippen LogP contribution is -2.09. The molecule has 2 heterocycles. The van der Waals surface area contributed by atoms with Crippen molar-refractivity contribution in [2.75, 3.05) is 11.9 Å². The van der Waals surface area contributed by atoms with Crippen LogP contribution in [0.4, 0.5) is 19.0 Å². The molecule has 1 aliphatic rings. The van der Waals surface area contributed by atoms with Crippen LogP contribution in [0.2, 0.25) is 0 Å². The Hall–Kier alpha value is -2.76. The van der Waals surface area contributed by atoms with E-state index in [0.717, 1.165) is 66.1 Å². The lowest BCUT2D eigenvalue weighted by atomic mass is 10.00. The van der Waals surface area contributed by atoms with E-state index in [0.29, 0.717) is 5.69 Å². The van der Waals surface area contributed by atoms with E-state index in [1.807, 2.05) is 31.2 Å². The van der Waals surface area contributed by atoms with Gasteiger partial charge in [0.15, 0.2) is 0 Å². The van der Waals surface area contributed by atoms with E-state index >= 15 is 0 Å². The predicted octanol–water partition coefficient (Wildman–Crippen LogP) is 5.61. The summed E-state index contributed by atoms with van der Waals surface area (Å²) in [5, 5.41) is 8.12. The summed E-state index contributed by atoms with van der Waals surface area (Å²) in [6, 6.07) is 13.3. The number of anilines is 1. The zero-order valence-corrected chi connectivity index (χ0v) is 15.0. The largest absolute Gasteiger partial charge is 0.416 e. The highest BCUT2D eigenvalue weighted by Crippen LogP contribution is 2.36. The maximum atomic E-state index is 13.2. The maximum Gasteiger partial charge on any atom is 0.416 e. The first kappa shape index (κ1) is 17.6. The SMILES string of the molecule is Cc1ccccc1-c1nn(-c2cccc(C(F)(F)F)c2)c2c1CCCCN2. The summed E-state index contributed by atoms with van der Waals surface area (Å²) in [5.41, 5.74) is 3.76. The van der Waals surface area contributed by atoms with Crippen molar-refractivity contribution in [3.05, 3.63) is 65.2 Å². The van der Waals surface area contributed by atoms with Crippen LogP contribution in [-0.4, -0.2) is 16.3 Å². The van der Waals surface area contributed by atoms with E-state index in [9.17, 15) is 13.2 Å². The predicted molar refractivity (Wildman–Crippen MR) is 100 cm³/mol. The van der Waals surface area contributed by atoms with Gasteiger partial charge in [0, 0.05) is 17.7 Å². The molecule has 1 aromatic heterocycles. The summed E-state index contributed by atoms with van der Waals surface area (Å²) < 4.78 is 41.1. The zero-order valence-electron chi connectivity index (χ0n) is 15.0. The Morgan fingerprint density at radius 3 is 2.63 bits per heavy atom. The molecule has 1 N–H and O–H groups in total. The maximum absolute atomic E-state index is 13.2. The molecule has 3 nitrogen and oxygen atoms in total. The number of hydrogen-bond donors (Lipinski definition) is 1. The molecular formula is C21H20F3N3. The van der Waals surface area contributed by atoms with Crippen LogP contribution in [0.3, 0.4) is 0 Å². The Morgan fingerprint density at radius 2 is 1.85 bits per heavy atom. The standard InChI is InChI=1S/C21H20F3N3/c1-14-7-2-3-10-17(14)19-18-11-4-5-12-25-20(18)27(26-19)16-9-6-8-15(13-16)21(22,23)24/h2-3,6-10,13,25H,4-5,11-12H2,1H3. The Kier molecular flexibility index (Phi) is 4.42. The molecule has 0 saturated carbocycles. The van der Waals surface area contributed by atoms with Crippen molar-refractivity contribution in [3.8, 4) is 16.9 Å². The van der Waals surface area contributed by atoms with E-state index in [1.54, 1.807) is 10.7 Å². The van der Waals surface area contributed by atoms with Gasteiger partial charge in [-0.1, -0.05) is 30.3 Å². The van der Waals surface area contributed by atoms with Gasteiger partial charge in [-0.25, -0.2) is 4.68 Å². The quantitative estimate of drug-likeness (QED) is 0.634. The fourth-order valence-corrected chi connectivity index (χ4v) is 3.56. The zero-order chi connectivity index (χ0) is 19.0. The molecule has 2 aromatic carbocycles. The average Bonchev–Trinajstić information content (AvgIpc) is 2.83. The van der Waals surface area contributed by atoms with Crippen LogP contribution in [0.15, 0.2) is 48.5 Å². The Balaban J connectivity index is 1.91. The minimum atomic E-state index is -4.38. The van der Waals surface area contributed by atoms with Crippen molar-refractivity contribution >= 4 is 5.82 Å². The smallest absolute Gasteiger partial charge is 0.370 e. The number of aromatic nitrogens is 2. The second kappa shape index (κ2) is 6.76. The van der Waals surface area contributed by atoms with Gasteiger partial charge in [-0.15, -0.1) is 0 Å². The summed E-state index contributed by atoms with van der Waals surface area (Å²) in [4.78, 5) is 0. The summed E-state index contributed by atoms with van der Waals surface area (Å²) >= 11 is 0. The van der Waals surface area contributed by atoms with E-state index in [4.69, 9.17) is 5.10 Å². The topological polar surface area (TPSA) is 29.9 Å². The summed E-state index contributed by atoms with van der Waals surface area (Å²) in [7, 11) is 0. The molecule has 3 aromatic rings. The monoisotopic (exact) mass is 371 g/mol. The number of aryl methyl sites for hydroxylation is 1. The molecule has 4 rings (SSSR count). The number of halogens is 3. The third kappa shape index (κ3) is 3.31. The second-order valence-electron chi connectivity index (χ2n) is 6.83. The minimum absolute atomic E-state index is 0.412. The number of nitrogens with zero attached hydrogens (tertiary/aromatic N) is 2. The first-order chi connectivity index (χ1) is 12.9. The number of hydrogen-bond acceptors (Lipinski definition) is 2. The van der Waals surface area contributed by atoms with Gasteiger partial charge in [0.1, 0.15) is 5.82 Å². The molecule has 140 valence electrons. The minimum Gasteiger partial charge on any atom is -0.370 e. The van der Waals surface area contributed by atoms with Crippen LogP contribution >= 0.6 is 0 Å². The molecule has 0 saturated heterocycles. The highest BCUT2D eigenvalue weighted by atomic mass is 19.4. The van der Waals surface area contributed by atoms with Gasteiger partial charge in [-0.2, -0.15) is 18.3 Å². The average molecular weight is 371 g/mol. The molecule has 0 amide bonds. The highest BCUT2D eigenvalue weighted by molar-refractivity contribution is 5.73. The molecule has 0 aliphatic carbocycles. The molecule has 0 atom stereocenters. The highest BCUT2D eigenvalue weighted by Gasteiger charge is 2.31. The van der Waals surface area contributed by atoms with Crippen LogP contribution < -0.4 is 5.32 Å². The number of rotatable bonds is 2. The van der Waals surface area contributed by atoms with Crippen molar-refractivity contribution in [1.82, 2.24) is 9.78 Å². The molecule has 0 radical (unpaired) electrons. The van der Waals surface area contributed by atoms with E-state index in [-0.39, 0.29) is 0 Å². The molecule has 0 spiro atoms. The van der Waals surface area contributed by atoms with Crippen LogP contribution in [-0.2, 0) is 12.6 Å². The van der Waals surface area contributed by atoms with Gasteiger partial charge in [-0.3, -0.25) is 0 Å². The number of alkyl halides is 3. The first-order valence-corrected chi connectivity index (χ1v) is 9.04. The van der Waals surface area contributed by atoms with E-state index in [2.05, 4.69) is 5.32 Å². The van der Waals surface area contributed by atoms with E-state index in [1.165, 1.54) is 6.07 Å². The summed E-state index contributed by atoms with van der Waals surface area (Å²) in [5.74, 6) is 0.796. The van der Waals surface area contributed by atoms with Gasteiger partial charge in [0.2, 0.25) is 0 Å². The number of benzene rings is 2. The molecule has 0 unspecified atom stereocenters. The van der Waals surface area contributed by atoms with Crippen molar-refractivity contribution < 1.29 is 13.2 Å². The Bertz CT molecular complexity index is 973. The first-order valence-electron chi connectivity index (χ1n) is 9.04. The molecule has 0 bridgehead atoms. The fourth-order valence-electron chi connectivity index (χ4n) is 3.56. The number of fused-ring (bicyclic) bond motifs is 1. The number of nitrogens with one attached hydrogen (secondary N) is 1. The van der Waals surface area contributed by atoms with E-state index < -0.39 is 11.7 Å². The van der Waals surface area contributed by atoms with Gasteiger partial charge in [-0.05, 0) is 49.9 Å². The summed E-state index contributed by atoms with van der Waals surface area (Å²) in [6.45, 7) is 2.81. The molecule has 0 fully saturated rings. The second-order valence-corrected chi connectivity index (χ2v) is 6.83. The van der Waals surface area contributed by atoms with Crippen LogP contribution in [0.5, 0.6) is 0 Å². The van der Waals surface area contributed by atoms with Crippen LogP contribution in [0, 0.1) is 6.92 Å². The lowest BCUT2D eigenvalue weighted by Gasteiger charge is -2.12. The van der Waals surface area contributed by atoms with Gasteiger partial charge >= 0.3 is 6.18 Å². The van der Waals surface area contributed by atoms with Crippen molar-refractivity contribution in [1.29, 1.82) is 0 Å². The van der Waals surface area contributed by atoms with Crippen LogP contribution in [0.1, 0.15) is 29.5 Å². The van der Waals surface area contributed by atoms with Gasteiger partial charge in [0.25, 0.3) is 0 Å². The third-order valence-corrected chi connectivity index (χ3v) is 4.95. The molecule has 1 aliphatic heterocycles. The lowest BCUT2D eigenvalue weighted by molar-refractivity contribution is -0.137. The fraction of sp³-hybridized carbons (Fsp3) is 0.286. The summed E-state index contributed by atoms with van der Waals surface area (Å²) in [6.07, 6.45) is -1.49. The van der Waals surface area contributed by atoms with Gasteiger partial charge < -0.3 is 5.32 Å². The molecular weight excluding hydrogens is 351 g/mol. The Labute approximate surface area is 155 Å². The normalized spacial score (nSPS) is 14.4. The molecule has 27 heavy (non-hydrogen) atoms. The Morgan fingerprint density at radius 1 is 1.04 bits per heavy atom.